The van der Waals surface area contributed by atoms with Crippen LogP contribution in [-0.4, -0.2) is 52.9 Å². The van der Waals surface area contributed by atoms with Gasteiger partial charge in [-0.25, -0.2) is 0 Å². The molecule has 2 unspecified atom stereocenters. The second kappa shape index (κ2) is 9.05. The van der Waals surface area contributed by atoms with Crippen molar-refractivity contribution in [1.82, 2.24) is 9.47 Å². The molecule has 2 fully saturated rings. The number of rotatable bonds is 4. The van der Waals surface area contributed by atoms with E-state index in [4.69, 9.17) is 25.8 Å². The van der Waals surface area contributed by atoms with Crippen molar-refractivity contribution in [2.75, 3.05) is 20.2 Å². The van der Waals surface area contributed by atoms with Gasteiger partial charge >= 0.3 is 0 Å². The Morgan fingerprint density at radius 1 is 1.11 bits per heavy atom. The van der Waals surface area contributed by atoms with Gasteiger partial charge in [0.25, 0.3) is 5.91 Å². The van der Waals surface area contributed by atoms with E-state index in [2.05, 4.69) is 10.6 Å². The summed E-state index contributed by atoms with van der Waals surface area (Å²) >= 11 is 6.25. The number of carbonyl (C=O) groups is 1. The first kappa shape index (κ1) is 23.3. The summed E-state index contributed by atoms with van der Waals surface area (Å²) in [5.74, 6) is 1.85. The highest BCUT2D eigenvalue weighted by atomic mass is 35.5. The van der Waals surface area contributed by atoms with Crippen molar-refractivity contribution >= 4 is 17.5 Å². The van der Waals surface area contributed by atoms with Gasteiger partial charge in [0.15, 0.2) is 17.1 Å². The molecule has 8 heteroatoms. The minimum atomic E-state index is -0.501. The predicted molar refractivity (Wildman–Crippen MR) is 135 cm³/mol. The van der Waals surface area contributed by atoms with Gasteiger partial charge < -0.3 is 28.8 Å². The number of carbonyl (C=O) groups excluding carboxylic acids is 1. The molecule has 36 heavy (non-hydrogen) atoms. The van der Waals surface area contributed by atoms with Gasteiger partial charge in [0.1, 0.15) is 11.9 Å². The van der Waals surface area contributed by atoms with E-state index in [0.29, 0.717) is 54.4 Å². The third-order valence-corrected chi connectivity index (χ3v) is 7.86. The fourth-order valence-corrected chi connectivity index (χ4v) is 5.87. The third kappa shape index (κ3) is 4.00. The maximum absolute atomic E-state index is 13.4. The molecule has 3 aromatic rings. The Balaban J connectivity index is 1.18. The van der Waals surface area contributed by atoms with E-state index in [-0.39, 0.29) is 18.1 Å². The number of likely N-dealkylation sites (tertiary alicyclic amines) is 1. The SMILES string of the molecule is COc1cc(C(=O)N2CCC3(CC2)Oc2cc(Cl)ccc2-n2cccc23)ccc1OC1CCC(O)C1. The Hall–Kier alpha value is -3.16. The maximum Gasteiger partial charge on any atom is 0.253 e. The summed E-state index contributed by atoms with van der Waals surface area (Å²) < 4.78 is 20.3. The van der Waals surface area contributed by atoms with E-state index in [1.165, 1.54) is 0 Å². The fraction of sp³-hybridized carbons (Fsp3) is 0.393. The van der Waals surface area contributed by atoms with Crippen LogP contribution >= 0.6 is 11.6 Å². The summed E-state index contributed by atoms with van der Waals surface area (Å²) in [6, 6.07) is 15.2. The number of benzene rings is 2. The molecule has 1 N–H and O–H groups in total. The van der Waals surface area contributed by atoms with Gasteiger partial charge in [0.2, 0.25) is 0 Å². The smallest absolute Gasteiger partial charge is 0.253 e. The summed E-state index contributed by atoms with van der Waals surface area (Å²) in [6.07, 6.45) is 5.21. The minimum Gasteiger partial charge on any atom is -0.493 e. The van der Waals surface area contributed by atoms with E-state index in [9.17, 15) is 9.90 Å². The monoisotopic (exact) mass is 508 g/mol. The van der Waals surface area contributed by atoms with Crippen LogP contribution in [-0.2, 0) is 5.60 Å². The molecule has 0 radical (unpaired) electrons. The molecule has 1 amide bonds. The summed E-state index contributed by atoms with van der Waals surface area (Å²) in [5, 5.41) is 10.4. The quantitative estimate of drug-likeness (QED) is 0.539. The van der Waals surface area contributed by atoms with Crippen LogP contribution in [0.25, 0.3) is 5.69 Å². The molecule has 1 aromatic heterocycles. The number of hydrogen-bond donors (Lipinski definition) is 1. The molecule has 1 saturated carbocycles. The van der Waals surface area contributed by atoms with Gasteiger partial charge in [0.05, 0.1) is 24.6 Å². The highest BCUT2D eigenvalue weighted by Gasteiger charge is 2.44. The van der Waals surface area contributed by atoms with Crippen molar-refractivity contribution in [3.05, 3.63) is 71.0 Å². The number of halogens is 1. The molecule has 3 aliphatic rings. The second-order valence-corrected chi connectivity index (χ2v) is 10.3. The summed E-state index contributed by atoms with van der Waals surface area (Å²) in [5.41, 5.74) is 2.14. The number of aromatic nitrogens is 1. The van der Waals surface area contributed by atoms with Crippen molar-refractivity contribution in [2.45, 2.75) is 49.9 Å². The van der Waals surface area contributed by atoms with E-state index >= 15 is 0 Å². The van der Waals surface area contributed by atoms with Crippen LogP contribution in [0.3, 0.4) is 0 Å². The van der Waals surface area contributed by atoms with Gasteiger partial charge in [-0.3, -0.25) is 4.79 Å². The van der Waals surface area contributed by atoms with Crippen LogP contribution in [0, 0.1) is 0 Å². The van der Waals surface area contributed by atoms with E-state index in [1.54, 1.807) is 25.3 Å². The molecule has 188 valence electrons. The van der Waals surface area contributed by atoms with Crippen LogP contribution in [0.2, 0.25) is 5.02 Å². The molecule has 3 heterocycles. The summed E-state index contributed by atoms with van der Waals surface area (Å²) in [7, 11) is 1.57. The Kier molecular flexibility index (Phi) is 5.85. The molecule has 1 saturated heterocycles. The average Bonchev–Trinajstić information content (AvgIpc) is 3.54. The highest BCUT2D eigenvalue weighted by Crippen LogP contribution is 2.46. The van der Waals surface area contributed by atoms with Crippen molar-refractivity contribution in [3.8, 4) is 22.9 Å². The first-order valence-corrected chi connectivity index (χ1v) is 12.8. The third-order valence-electron chi connectivity index (χ3n) is 7.62. The summed E-state index contributed by atoms with van der Waals surface area (Å²) in [4.78, 5) is 15.3. The molecule has 2 atom stereocenters. The zero-order valence-electron chi connectivity index (χ0n) is 20.2. The Morgan fingerprint density at radius 3 is 2.69 bits per heavy atom. The number of hydrogen-bond acceptors (Lipinski definition) is 5. The number of fused-ring (bicyclic) bond motifs is 4. The number of methoxy groups -OCH3 is 1. The van der Waals surface area contributed by atoms with Crippen LogP contribution in [0.15, 0.2) is 54.7 Å². The molecule has 0 bridgehead atoms. The lowest BCUT2D eigenvalue weighted by Crippen LogP contribution is -2.50. The molecule has 6 rings (SSSR count). The molecular formula is C28H29ClN2O5. The Labute approximate surface area is 215 Å². The van der Waals surface area contributed by atoms with Gasteiger partial charge in [-0.05, 0) is 55.3 Å². The first-order valence-electron chi connectivity index (χ1n) is 12.4. The molecule has 2 aromatic carbocycles. The first-order chi connectivity index (χ1) is 17.5. The molecular weight excluding hydrogens is 480 g/mol. The number of aliphatic hydroxyl groups excluding tert-OH is 1. The van der Waals surface area contributed by atoms with Crippen LogP contribution in [0.4, 0.5) is 0 Å². The van der Waals surface area contributed by atoms with Crippen LogP contribution in [0.5, 0.6) is 17.2 Å². The lowest BCUT2D eigenvalue weighted by molar-refractivity contribution is -0.00930. The molecule has 1 aliphatic carbocycles. The standard InChI is InChI=1S/C28H29ClN2O5/c1-34-25-15-18(4-9-23(25)35-21-7-6-20(32)17-21)27(33)30-13-10-28(11-14-30)26-3-2-12-31(26)22-8-5-19(29)16-24(22)36-28/h2-5,8-9,12,15-16,20-21,32H,6-7,10-11,13-14,17H2,1H3. The van der Waals surface area contributed by atoms with Crippen molar-refractivity contribution in [3.63, 3.8) is 0 Å². The van der Waals surface area contributed by atoms with Crippen molar-refractivity contribution in [1.29, 1.82) is 0 Å². The second-order valence-electron chi connectivity index (χ2n) is 9.84. The largest absolute Gasteiger partial charge is 0.493 e. The van der Waals surface area contributed by atoms with Gasteiger partial charge in [0, 0.05) is 55.2 Å². The Morgan fingerprint density at radius 2 is 1.94 bits per heavy atom. The number of aliphatic hydroxyl groups is 1. The van der Waals surface area contributed by atoms with E-state index in [0.717, 1.165) is 30.0 Å². The van der Waals surface area contributed by atoms with Crippen LogP contribution < -0.4 is 14.2 Å². The number of ether oxygens (including phenoxy) is 3. The van der Waals surface area contributed by atoms with Crippen molar-refractivity contribution < 1.29 is 24.1 Å². The number of nitrogens with zero attached hydrogens (tertiary/aromatic N) is 2. The molecule has 2 aliphatic heterocycles. The lowest BCUT2D eigenvalue weighted by Gasteiger charge is -2.45. The van der Waals surface area contributed by atoms with Gasteiger partial charge in [-0.15, -0.1) is 0 Å². The van der Waals surface area contributed by atoms with Gasteiger partial charge in [-0.2, -0.15) is 0 Å². The number of piperidine rings is 1. The minimum absolute atomic E-state index is 0.0387. The predicted octanol–water partition coefficient (Wildman–Crippen LogP) is 4.96. The fourth-order valence-electron chi connectivity index (χ4n) is 5.71. The Bertz CT molecular complexity index is 1300. The molecule has 7 nitrogen and oxygen atoms in total. The zero-order chi connectivity index (χ0) is 24.9. The highest BCUT2D eigenvalue weighted by molar-refractivity contribution is 6.30. The van der Waals surface area contributed by atoms with E-state index < -0.39 is 5.60 Å². The summed E-state index contributed by atoms with van der Waals surface area (Å²) in [6.45, 7) is 1.14. The normalized spacial score (nSPS) is 22.0. The maximum atomic E-state index is 13.4. The topological polar surface area (TPSA) is 73.2 Å². The molecule has 1 spiro atoms. The van der Waals surface area contributed by atoms with Gasteiger partial charge in [-0.1, -0.05) is 11.6 Å². The van der Waals surface area contributed by atoms with Crippen molar-refractivity contribution in [2.24, 2.45) is 0 Å². The zero-order valence-corrected chi connectivity index (χ0v) is 20.9. The average molecular weight is 509 g/mol. The van der Waals surface area contributed by atoms with E-state index in [1.807, 2.05) is 35.4 Å². The van der Waals surface area contributed by atoms with Crippen LogP contribution in [0.1, 0.15) is 48.2 Å². The lowest BCUT2D eigenvalue weighted by atomic mass is 9.86. The number of amides is 1.